The first kappa shape index (κ1) is 18.9. The van der Waals surface area contributed by atoms with E-state index in [1.54, 1.807) is 0 Å². The second-order valence-electron chi connectivity index (χ2n) is 5.51. The fraction of sp³-hybridized carbons (Fsp3) is 0.222. The average molecular weight is 358 g/mol. The second-order valence-corrected chi connectivity index (χ2v) is 5.51. The summed E-state index contributed by atoms with van der Waals surface area (Å²) in [6, 6.07) is 11.2. The number of methoxy groups -OCH3 is 1. The van der Waals surface area contributed by atoms with E-state index in [1.807, 2.05) is 31.2 Å². The molecular formula is C18H18N2O6. The number of anilines is 1. The van der Waals surface area contributed by atoms with Gasteiger partial charge >= 0.3 is 5.97 Å². The molecule has 136 valence electrons. The zero-order valence-electron chi connectivity index (χ0n) is 14.4. The number of nitro benzene ring substituents is 1. The molecule has 0 aliphatic carbocycles. The van der Waals surface area contributed by atoms with Gasteiger partial charge in [0.05, 0.1) is 24.1 Å². The summed E-state index contributed by atoms with van der Waals surface area (Å²) in [7, 11) is 1.37. The highest BCUT2D eigenvalue weighted by Crippen LogP contribution is 2.28. The lowest BCUT2D eigenvalue weighted by atomic mass is 10.1. The van der Waals surface area contributed by atoms with Crippen LogP contribution in [0.15, 0.2) is 42.5 Å². The van der Waals surface area contributed by atoms with Crippen LogP contribution in [0.1, 0.15) is 11.1 Å². The molecular weight excluding hydrogens is 340 g/mol. The van der Waals surface area contributed by atoms with Gasteiger partial charge in [0.15, 0.2) is 6.61 Å². The number of esters is 1. The van der Waals surface area contributed by atoms with Crippen LogP contribution in [0.2, 0.25) is 0 Å². The minimum Gasteiger partial charge on any atom is -0.495 e. The first-order valence-electron chi connectivity index (χ1n) is 7.72. The Morgan fingerprint density at radius 1 is 1.15 bits per heavy atom. The topological polar surface area (TPSA) is 108 Å². The molecule has 2 rings (SSSR count). The SMILES string of the molecule is COc1ccc([N+](=O)[O-])cc1NC(=O)COC(=O)Cc1ccc(C)cc1. The maximum Gasteiger partial charge on any atom is 0.310 e. The molecule has 26 heavy (non-hydrogen) atoms. The Labute approximate surface area is 149 Å². The van der Waals surface area contributed by atoms with Crippen molar-refractivity contribution < 1.29 is 24.0 Å². The molecule has 8 heteroatoms. The lowest BCUT2D eigenvalue weighted by molar-refractivity contribution is -0.384. The molecule has 2 aromatic rings. The standard InChI is InChI=1S/C18H18N2O6/c1-12-3-5-13(6-4-12)9-18(22)26-11-17(21)19-15-10-14(20(23)24)7-8-16(15)25-2/h3-8,10H,9,11H2,1-2H3,(H,19,21). The number of hydrogen-bond donors (Lipinski definition) is 1. The summed E-state index contributed by atoms with van der Waals surface area (Å²) in [5, 5.41) is 13.3. The van der Waals surface area contributed by atoms with Gasteiger partial charge in [-0.1, -0.05) is 29.8 Å². The van der Waals surface area contributed by atoms with Crippen molar-refractivity contribution in [2.75, 3.05) is 19.0 Å². The van der Waals surface area contributed by atoms with Crippen LogP contribution in [0.25, 0.3) is 0 Å². The third-order valence-electron chi connectivity index (χ3n) is 3.50. The van der Waals surface area contributed by atoms with E-state index in [9.17, 15) is 19.7 Å². The fourth-order valence-electron chi connectivity index (χ4n) is 2.16. The minimum atomic E-state index is -0.624. The number of non-ortho nitro benzene ring substituents is 1. The van der Waals surface area contributed by atoms with E-state index in [4.69, 9.17) is 9.47 Å². The largest absolute Gasteiger partial charge is 0.495 e. The summed E-state index contributed by atoms with van der Waals surface area (Å²) in [5.41, 5.74) is 1.78. The number of nitro groups is 1. The van der Waals surface area contributed by atoms with Gasteiger partial charge < -0.3 is 14.8 Å². The summed E-state index contributed by atoms with van der Waals surface area (Å²) < 4.78 is 9.99. The zero-order valence-corrected chi connectivity index (χ0v) is 14.4. The number of amides is 1. The van der Waals surface area contributed by atoms with Crippen molar-refractivity contribution in [1.82, 2.24) is 0 Å². The molecule has 0 aromatic heterocycles. The first-order valence-corrected chi connectivity index (χ1v) is 7.72. The van der Waals surface area contributed by atoms with Gasteiger partial charge in [-0.3, -0.25) is 19.7 Å². The highest BCUT2D eigenvalue weighted by Gasteiger charge is 2.15. The molecule has 2 aromatic carbocycles. The molecule has 8 nitrogen and oxygen atoms in total. The summed E-state index contributed by atoms with van der Waals surface area (Å²) in [6.45, 7) is 1.44. The molecule has 0 spiro atoms. The number of carbonyl (C=O) groups excluding carboxylic acids is 2. The van der Waals surface area contributed by atoms with E-state index in [1.165, 1.54) is 25.3 Å². The lowest BCUT2D eigenvalue weighted by Crippen LogP contribution is -2.22. The van der Waals surface area contributed by atoms with Gasteiger partial charge in [-0.25, -0.2) is 0 Å². The molecule has 0 saturated heterocycles. The van der Waals surface area contributed by atoms with Gasteiger partial charge in [-0.2, -0.15) is 0 Å². The molecule has 0 radical (unpaired) electrons. The number of benzene rings is 2. The van der Waals surface area contributed by atoms with E-state index in [2.05, 4.69) is 5.32 Å². The van der Waals surface area contributed by atoms with Crippen LogP contribution in [0.4, 0.5) is 11.4 Å². The molecule has 1 amide bonds. The van der Waals surface area contributed by atoms with Gasteiger partial charge in [0, 0.05) is 12.1 Å². The lowest BCUT2D eigenvalue weighted by Gasteiger charge is -2.10. The van der Waals surface area contributed by atoms with Crippen LogP contribution in [0, 0.1) is 17.0 Å². The number of carbonyl (C=O) groups is 2. The second kappa shape index (κ2) is 8.61. The van der Waals surface area contributed by atoms with Crippen molar-refractivity contribution >= 4 is 23.3 Å². The normalized spacial score (nSPS) is 10.1. The molecule has 0 heterocycles. The predicted molar refractivity (Wildman–Crippen MR) is 94.1 cm³/mol. The Morgan fingerprint density at radius 2 is 1.85 bits per heavy atom. The summed E-state index contributed by atoms with van der Waals surface area (Å²) in [5.74, 6) is -0.911. The van der Waals surface area contributed by atoms with Gasteiger partial charge in [0.2, 0.25) is 0 Å². The van der Waals surface area contributed by atoms with Gasteiger partial charge in [-0.15, -0.1) is 0 Å². The van der Waals surface area contributed by atoms with E-state index >= 15 is 0 Å². The monoisotopic (exact) mass is 358 g/mol. The Bertz CT molecular complexity index is 817. The van der Waals surface area contributed by atoms with Gasteiger partial charge in [0.1, 0.15) is 5.75 Å². The minimum absolute atomic E-state index is 0.0493. The van der Waals surface area contributed by atoms with Crippen LogP contribution in [0.3, 0.4) is 0 Å². The number of rotatable bonds is 7. The van der Waals surface area contributed by atoms with Crippen molar-refractivity contribution in [2.45, 2.75) is 13.3 Å². The summed E-state index contributed by atoms with van der Waals surface area (Å²) in [4.78, 5) is 34.0. The van der Waals surface area contributed by atoms with Crippen molar-refractivity contribution in [1.29, 1.82) is 0 Å². The number of hydrogen-bond acceptors (Lipinski definition) is 6. The number of nitrogens with one attached hydrogen (secondary N) is 1. The van der Waals surface area contributed by atoms with Crippen LogP contribution in [-0.4, -0.2) is 30.5 Å². The van der Waals surface area contributed by atoms with Crippen molar-refractivity contribution in [2.24, 2.45) is 0 Å². The zero-order chi connectivity index (χ0) is 19.1. The van der Waals surface area contributed by atoms with Crippen LogP contribution < -0.4 is 10.1 Å². The molecule has 1 N–H and O–H groups in total. The van der Waals surface area contributed by atoms with Crippen LogP contribution in [-0.2, 0) is 20.7 Å². The quantitative estimate of drug-likeness (QED) is 0.463. The number of nitrogens with zero attached hydrogens (tertiary/aromatic N) is 1. The van der Waals surface area contributed by atoms with E-state index in [0.717, 1.165) is 11.1 Å². The predicted octanol–water partition coefficient (Wildman–Crippen LogP) is 2.64. The van der Waals surface area contributed by atoms with Crippen LogP contribution >= 0.6 is 0 Å². The summed E-state index contributed by atoms with van der Waals surface area (Å²) in [6.07, 6.45) is 0.0493. The highest BCUT2D eigenvalue weighted by molar-refractivity contribution is 5.94. The van der Waals surface area contributed by atoms with Crippen molar-refractivity contribution in [3.05, 3.63) is 63.7 Å². The first-order chi connectivity index (χ1) is 12.4. The molecule has 0 aliphatic heterocycles. The third kappa shape index (κ3) is 5.30. The fourth-order valence-corrected chi connectivity index (χ4v) is 2.16. The molecule has 0 bridgehead atoms. The van der Waals surface area contributed by atoms with Crippen molar-refractivity contribution in [3.8, 4) is 5.75 Å². The maximum absolute atomic E-state index is 11.9. The Kier molecular flexibility index (Phi) is 6.26. The van der Waals surface area contributed by atoms with Gasteiger partial charge in [-0.05, 0) is 18.6 Å². The highest BCUT2D eigenvalue weighted by atomic mass is 16.6. The Hall–Kier alpha value is -3.42. The molecule has 0 saturated carbocycles. The van der Waals surface area contributed by atoms with E-state index in [-0.39, 0.29) is 23.5 Å². The molecule has 0 fully saturated rings. The summed E-state index contributed by atoms with van der Waals surface area (Å²) >= 11 is 0. The number of aryl methyl sites for hydroxylation is 1. The Balaban J connectivity index is 1.92. The van der Waals surface area contributed by atoms with Gasteiger partial charge in [0.25, 0.3) is 11.6 Å². The van der Waals surface area contributed by atoms with Crippen molar-refractivity contribution in [3.63, 3.8) is 0 Å². The smallest absolute Gasteiger partial charge is 0.310 e. The van der Waals surface area contributed by atoms with E-state index < -0.39 is 23.4 Å². The average Bonchev–Trinajstić information content (AvgIpc) is 2.62. The maximum atomic E-state index is 11.9. The van der Waals surface area contributed by atoms with E-state index in [0.29, 0.717) is 0 Å². The molecule has 0 atom stereocenters. The molecule has 0 aliphatic rings. The Morgan fingerprint density at radius 3 is 2.46 bits per heavy atom. The third-order valence-corrected chi connectivity index (χ3v) is 3.50. The molecule has 0 unspecified atom stereocenters. The number of ether oxygens (including phenoxy) is 2. The van der Waals surface area contributed by atoms with Crippen LogP contribution in [0.5, 0.6) is 5.75 Å².